The average molecular weight is 302 g/mol. The number of thiophene rings is 1. The van der Waals surface area contributed by atoms with Gasteiger partial charge in [0.05, 0.1) is 5.69 Å². The smallest absolute Gasteiger partial charge is 0.263 e. The molecule has 1 unspecified atom stereocenters. The minimum absolute atomic E-state index is 0.0194. The lowest BCUT2D eigenvalue weighted by atomic mass is 9.92. The fourth-order valence-electron chi connectivity index (χ4n) is 3.20. The number of nitrogen functional groups attached to an aromatic ring is 1. The number of benzene rings is 1. The first kappa shape index (κ1) is 14.4. The topological polar surface area (TPSA) is 55.1 Å². The Morgan fingerprint density at radius 3 is 2.86 bits per heavy atom. The van der Waals surface area contributed by atoms with E-state index in [9.17, 15) is 4.79 Å². The van der Waals surface area contributed by atoms with Crippen molar-refractivity contribution in [1.29, 1.82) is 0 Å². The van der Waals surface area contributed by atoms with Gasteiger partial charge >= 0.3 is 0 Å². The quantitative estimate of drug-likeness (QED) is 0.877. The molecular weight excluding hydrogens is 280 g/mol. The van der Waals surface area contributed by atoms with Gasteiger partial charge in [0.25, 0.3) is 5.91 Å². The van der Waals surface area contributed by atoms with Crippen molar-refractivity contribution in [3.05, 3.63) is 28.6 Å². The number of carbonyl (C=O) groups excluding carboxylic acids is 1. The molecule has 2 aromatic rings. The number of nitrogens with two attached hydrogens (primary N) is 1. The summed E-state index contributed by atoms with van der Waals surface area (Å²) in [6.07, 6.45) is 3.27. The van der Waals surface area contributed by atoms with Crippen LogP contribution in [-0.2, 0) is 0 Å². The van der Waals surface area contributed by atoms with E-state index in [1.807, 2.05) is 12.1 Å². The van der Waals surface area contributed by atoms with Crippen LogP contribution in [0, 0.1) is 12.3 Å². The number of fused-ring (bicyclic) bond motifs is 1. The molecule has 3 nitrogen and oxygen atoms in total. The van der Waals surface area contributed by atoms with Gasteiger partial charge in [0.15, 0.2) is 0 Å². The van der Waals surface area contributed by atoms with Gasteiger partial charge < -0.3 is 11.1 Å². The summed E-state index contributed by atoms with van der Waals surface area (Å²) in [6.45, 7) is 6.57. The number of rotatable bonds is 2. The highest BCUT2D eigenvalue weighted by molar-refractivity contribution is 7.21. The first-order valence-electron chi connectivity index (χ1n) is 7.45. The predicted molar refractivity (Wildman–Crippen MR) is 89.9 cm³/mol. The minimum atomic E-state index is -0.0194. The van der Waals surface area contributed by atoms with Gasteiger partial charge in [-0.2, -0.15) is 0 Å². The standard InChI is InChI=1S/C17H22N2OS/c1-10-4-5-12-13(8-10)21-15(14(12)18)16(20)19-11-6-7-17(2,3)9-11/h4-5,8,11H,6-7,9,18H2,1-3H3,(H,19,20). The predicted octanol–water partition coefficient (Wildman–Crippen LogP) is 4.10. The first-order chi connectivity index (χ1) is 9.85. The van der Waals surface area contributed by atoms with Crippen LogP contribution >= 0.6 is 11.3 Å². The summed E-state index contributed by atoms with van der Waals surface area (Å²) in [5, 5.41) is 4.15. The van der Waals surface area contributed by atoms with Crippen molar-refractivity contribution < 1.29 is 4.79 Å². The minimum Gasteiger partial charge on any atom is -0.397 e. The van der Waals surface area contributed by atoms with Crippen molar-refractivity contribution in [3.8, 4) is 0 Å². The number of nitrogens with one attached hydrogen (secondary N) is 1. The molecule has 112 valence electrons. The number of hydrogen-bond donors (Lipinski definition) is 2. The van der Waals surface area contributed by atoms with Crippen LogP contribution in [0.25, 0.3) is 10.1 Å². The highest BCUT2D eigenvalue weighted by Crippen LogP contribution is 2.38. The molecule has 1 heterocycles. The number of anilines is 1. The zero-order chi connectivity index (χ0) is 15.2. The Hall–Kier alpha value is -1.55. The summed E-state index contributed by atoms with van der Waals surface area (Å²) < 4.78 is 1.09. The second kappa shape index (κ2) is 5.02. The van der Waals surface area contributed by atoms with Crippen molar-refractivity contribution in [2.45, 2.75) is 46.1 Å². The van der Waals surface area contributed by atoms with E-state index >= 15 is 0 Å². The molecule has 3 rings (SSSR count). The van der Waals surface area contributed by atoms with E-state index in [0.29, 0.717) is 16.0 Å². The van der Waals surface area contributed by atoms with Crippen molar-refractivity contribution in [3.63, 3.8) is 0 Å². The van der Waals surface area contributed by atoms with Gasteiger partial charge in [0.2, 0.25) is 0 Å². The molecule has 0 radical (unpaired) electrons. The molecule has 1 amide bonds. The van der Waals surface area contributed by atoms with Crippen LogP contribution in [0.2, 0.25) is 0 Å². The molecule has 1 aliphatic carbocycles. The molecule has 1 saturated carbocycles. The number of carbonyl (C=O) groups is 1. The molecule has 0 spiro atoms. The maximum atomic E-state index is 12.5. The molecule has 0 saturated heterocycles. The highest BCUT2D eigenvalue weighted by atomic mass is 32.1. The third-order valence-corrected chi connectivity index (χ3v) is 5.56. The molecule has 21 heavy (non-hydrogen) atoms. The van der Waals surface area contributed by atoms with Gasteiger partial charge in [-0.05, 0) is 43.2 Å². The molecule has 1 aliphatic rings. The van der Waals surface area contributed by atoms with E-state index in [-0.39, 0.29) is 11.9 Å². The highest BCUT2D eigenvalue weighted by Gasteiger charge is 2.32. The molecular formula is C17H22N2OS. The van der Waals surface area contributed by atoms with Crippen molar-refractivity contribution in [1.82, 2.24) is 5.32 Å². The lowest BCUT2D eigenvalue weighted by Crippen LogP contribution is -2.33. The van der Waals surface area contributed by atoms with E-state index in [2.05, 4.69) is 32.2 Å². The Kier molecular flexibility index (Phi) is 3.44. The molecule has 1 aromatic heterocycles. The van der Waals surface area contributed by atoms with Gasteiger partial charge in [0.1, 0.15) is 4.88 Å². The molecule has 4 heteroatoms. The number of amides is 1. The van der Waals surface area contributed by atoms with E-state index in [0.717, 1.165) is 22.9 Å². The summed E-state index contributed by atoms with van der Waals surface area (Å²) >= 11 is 1.49. The normalized spacial score (nSPS) is 20.8. The maximum Gasteiger partial charge on any atom is 0.263 e. The summed E-state index contributed by atoms with van der Waals surface area (Å²) in [6, 6.07) is 6.41. The van der Waals surface area contributed by atoms with Crippen LogP contribution < -0.4 is 11.1 Å². The van der Waals surface area contributed by atoms with E-state index in [1.165, 1.54) is 23.3 Å². The van der Waals surface area contributed by atoms with Crippen LogP contribution in [-0.4, -0.2) is 11.9 Å². The van der Waals surface area contributed by atoms with Gasteiger partial charge in [-0.15, -0.1) is 11.3 Å². The van der Waals surface area contributed by atoms with Crippen LogP contribution in [0.5, 0.6) is 0 Å². The van der Waals surface area contributed by atoms with Crippen molar-refractivity contribution >= 4 is 33.0 Å². The first-order valence-corrected chi connectivity index (χ1v) is 8.27. The van der Waals surface area contributed by atoms with E-state index in [4.69, 9.17) is 5.73 Å². The monoisotopic (exact) mass is 302 g/mol. The Morgan fingerprint density at radius 2 is 2.19 bits per heavy atom. The molecule has 0 bridgehead atoms. The van der Waals surface area contributed by atoms with Crippen LogP contribution in [0.1, 0.15) is 48.3 Å². The fraction of sp³-hybridized carbons (Fsp3) is 0.471. The van der Waals surface area contributed by atoms with Crippen LogP contribution in [0.3, 0.4) is 0 Å². The van der Waals surface area contributed by atoms with Crippen molar-refractivity contribution in [2.75, 3.05) is 5.73 Å². The summed E-state index contributed by atoms with van der Waals surface area (Å²) in [5.74, 6) is -0.0194. The molecule has 0 aliphatic heterocycles. The van der Waals surface area contributed by atoms with E-state index < -0.39 is 0 Å². The van der Waals surface area contributed by atoms with Gasteiger partial charge in [-0.3, -0.25) is 4.79 Å². The number of hydrogen-bond acceptors (Lipinski definition) is 3. The molecule has 1 aromatic carbocycles. The van der Waals surface area contributed by atoms with Gasteiger partial charge in [-0.25, -0.2) is 0 Å². The number of aryl methyl sites for hydroxylation is 1. The fourth-order valence-corrected chi connectivity index (χ4v) is 4.33. The van der Waals surface area contributed by atoms with Crippen LogP contribution in [0.15, 0.2) is 18.2 Å². The third kappa shape index (κ3) is 2.77. The largest absolute Gasteiger partial charge is 0.397 e. The average Bonchev–Trinajstić information content (AvgIpc) is 2.90. The van der Waals surface area contributed by atoms with Gasteiger partial charge in [-0.1, -0.05) is 26.0 Å². The molecule has 1 atom stereocenters. The van der Waals surface area contributed by atoms with Crippen LogP contribution in [0.4, 0.5) is 5.69 Å². The van der Waals surface area contributed by atoms with E-state index in [1.54, 1.807) is 0 Å². The third-order valence-electron chi connectivity index (χ3n) is 4.39. The zero-order valence-corrected chi connectivity index (χ0v) is 13.6. The SMILES string of the molecule is Cc1ccc2c(N)c(C(=O)NC3CCC(C)(C)C3)sc2c1. The summed E-state index contributed by atoms with van der Waals surface area (Å²) in [4.78, 5) is 13.2. The Balaban J connectivity index is 1.83. The lowest BCUT2D eigenvalue weighted by Gasteiger charge is -2.17. The second-order valence-corrected chi connectivity index (χ2v) is 7.97. The molecule has 3 N–H and O–H groups in total. The Bertz CT molecular complexity index is 702. The second-order valence-electron chi connectivity index (χ2n) is 6.92. The van der Waals surface area contributed by atoms with Crippen molar-refractivity contribution in [2.24, 2.45) is 5.41 Å². The summed E-state index contributed by atoms with van der Waals surface area (Å²) in [7, 11) is 0. The summed E-state index contributed by atoms with van der Waals surface area (Å²) in [5.41, 5.74) is 8.30. The van der Waals surface area contributed by atoms with Gasteiger partial charge in [0, 0.05) is 16.1 Å². The maximum absolute atomic E-state index is 12.5. The zero-order valence-electron chi connectivity index (χ0n) is 12.8. The molecule has 1 fully saturated rings. The Labute approximate surface area is 129 Å². The lowest BCUT2D eigenvalue weighted by molar-refractivity contribution is 0.0941. The Morgan fingerprint density at radius 1 is 1.43 bits per heavy atom.